The van der Waals surface area contributed by atoms with E-state index in [9.17, 15) is 4.79 Å². The highest BCUT2D eigenvalue weighted by molar-refractivity contribution is 5.92. The molecule has 0 unspecified atom stereocenters. The van der Waals surface area contributed by atoms with Crippen molar-refractivity contribution in [2.24, 2.45) is 0 Å². The van der Waals surface area contributed by atoms with Gasteiger partial charge in [-0.1, -0.05) is 26.8 Å². The van der Waals surface area contributed by atoms with E-state index in [2.05, 4.69) is 25.8 Å². The van der Waals surface area contributed by atoms with Gasteiger partial charge in [0.15, 0.2) is 0 Å². The topological polar surface area (TPSA) is 46.8 Å². The third-order valence-corrected chi connectivity index (χ3v) is 3.75. The van der Waals surface area contributed by atoms with E-state index in [1.54, 1.807) is 0 Å². The average Bonchev–Trinajstić information content (AvgIpc) is 2.87. The maximum absolute atomic E-state index is 12.7. The van der Waals surface area contributed by atoms with Crippen molar-refractivity contribution in [1.82, 2.24) is 14.3 Å². The van der Waals surface area contributed by atoms with Gasteiger partial charge in [0.05, 0.1) is 24.4 Å². The van der Waals surface area contributed by atoms with Gasteiger partial charge in [0.2, 0.25) is 5.82 Å². The summed E-state index contributed by atoms with van der Waals surface area (Å²) in [6.45, 7) is 8.81. The van der Waals surface area contributed by atoms with Crippen molar-refractivity contribution < 1.29 is 9.53 Å². The fourth-order valence-corrected chi connectivity index (χ4v) is 2.65. The van der Waals surface area contributed by atoms with Gasteiger partial charge in [-0.2, -0.15) is 0 Å². The Morgan fingerprint density at radius 3 is 2.62 bits per heavy atom. The number of carbonyl (C=O) groups excluding carboxylic acids is 1. The van der Waals surface area contributed by atoms with Crippen molar-refractivity contribution in [3.8, 4) is 0 Å². The minimum absolute atomic E-state index is 0.0185. The summed E-state index contributed by atoms with van der Waals surface area (Å²) in [6.07, 6.45) is 1.91. The van der Waals surface area contributed by atoms with Crippen molar-refractivity contribution in [2.75, 3.05) is 26.3 Å². The number of nitrogens with zero attached hydrogens (tertiary/aromatic N) is 3. The Labute approximate surface area is 124 Å². The maximum atomic E-state index is 12.7. The summed E-state index contributed by atoms with van der Waals surface area (Å²) in [6, 6.07) is 5.93. The molecule has 1 aliphatic rings. The van der Waals surface area contributed by atoms with E-state index < -0.39 is 0 Å². The molecule has 0 aromatic carbocycles. The first kappa shape index (κ1) is 14.1. The summed E-state index contributed by atoms with van der Waals surface area (Å²) in [7, 11) is 0. The van der Waals surface area contributed by atoms with Gasteiger partial charge in [-0.25, -0.2) is 4.98 Å². The van der Waals surface area contributed by atoms with Gasteiger partial charge in [-0.15, -0.1) is 0 Å². The zero-order valence-corrected chi connectivity index (χ0v) is 12.8. The fraction of sp³-hybridized carbons (Fsp3) is 0.500. The Hall–Kier alpha value is -1.88. The van der Waals surface area contributed by atoms with Crippen LogP contribution < -0.4 is 0 Å². The van der Waals surface area contributed by atoms with Gasteiger partial charge in [-0.05, 0) is 12.1 Å². The molecule has 5 nitrogen and oxygen atoms in total. The molecule has 0 spiro atoms. The van der Waals surface area contributed by atoms with Gasteiger partial charge < -0.3 is 9.64 Å². The van der Waals surface area contributed by atoms with Crippen LogP contribution in [0.25, 0.3) is 5.52 Å². The van der Waals surface area contributed by atoms with Crippen LogP contribution in [0.2, 0.25) is 0 Å². The summed E-state index contributed by atoms with van der Waals surface area (Å²) < 4.78 is 7.21. The van der Waals surface area contributed by atoms with E-state index in [0.717, 1.165) is 11.2 Å². The normalized spacial score (nSPS) is 16.4. The smallest absolute Gasteiger partial charge is 0.290 e. The summed E-state index contributed by atoms with van der Waals surface area (Å²) >= 11 is 0. The number of hydrogen-bond donors (Lipinski definition) is 0. The molecule has 0 bridgehead atoms. The van der Waals surface area contributed by atoms with Crippen LogP contribution in [-0.4, -0.2) is 46.5 Å². The second-order valence-corrected chi connectivity index (χ2v) is 6.39. The van der Waals surface area contributed by atoms with Gasteiger partial charge in [0, 0.05) is 24.7 Å². The van der Waals surface area contributed by atoms with Gasteiger partial charge >= 0.3 is 0 Å². The van der Waals surface area contributed by atoms with E-state index >= 15 is 0 Å². The zero-order valence-electron chi connectivity index (χ0n) is 12.8. The number of ether oxygens (including phenoxy) is 1. The SMILES string of the molecule is CC(C)(C)c1nc(C(=O)N2CCOCC2)n2ccccc12. The summed E-state index contributed by atoms with van der Waals surface area (Å²) in [4.78, 5) is 19.2. The number of morpholine rings is 1. The number of imidazole rings is 1. The van der Waals surface area contributed by atoms with Gasteiger partial charge in [-0.3, -0.25) is 9.20 Å². The van der Waals surface area contributed by atoms with Crippen molar-refractivity contribution >= 4 is 11.4 Å². The first-order chi connectivity index (χ1) is 9.98. The third-order valence-electron chi connectivity index (χ3n) is 3.75. The standard InChI is InChI=1S/C16H21N3O2/c1-16(2,3)13-12-6-4-5-7-19(12)14(17-13)15(20)18-8-10-21-11-9-18/h4-7H,8-11H2,1-3H3. The van der Waals surface area contributed by atoms with Crippen molar-refractivity contribution in [3.05, 3.63) is 35.9 Å². The lowest BCUT2D eigenvalue weighted by molar-refractivity contribution is 0.0294. The fourth-order valence-electron chi connectivity index (χ4n) is 2.65. The molecular formula is C16H21N3O2. The minimum Gasteiger partial charge on any atom is -0.378 e. The van der Waals surface area contributed by atoms with E-state index in [1.165, 1.54) is 0 Å². The average molecular weight is 287 g/mol. The quantitative estimate of drug-likeness (QED) is 0.807. The van der Waals surface area contributed by atoms with Crippen LogP contribution in [0.3, 0.4) is 0 Å². The Morgan fingerprint density at radius 1 is 1.24 bits per heavy atom. The first-order valence-corrected chi connectivity index (χ1v) is 7.33. The highest BCUT2D eigenvalue weighted by Gasteiger charge is 2.28. The second kappa shape index (κ2) is 5.15. The van der Waals surface area contributed by atoms with E-state index in [4.69, 9.17) is 4.74 Å². The molecule has 1 amide bonds. The predicted molar refractivity (Wildman–Crippen MR) is 80.6 cm³/mol. The highest BCUT2D eigenvalue weighted by Crippen LogP contribution is 2.27. The predicted octanol–water partition coefficient (Wildman–Crippen LogP) is 2.10. The molecule has 112 valence electrons. The monoisotopic (exact) mass is 287 g/mol. The Bertz CT molecular complexity index is 664. The van der Waals surface area contributed by atoms with Crippen LogP contribution in [0.15, 0.2) is 24.4 Å². The lowest BCUT2D eigenvalue weighted by atomic mass is 9.91. The van der Waals surface area contributed by atoms with Crippen LogP contribution in [-0.2, 0) is 10.2 Å². The summed E-state index contributed by atoms with van der Waals surface area (Å²) in [5.74, 6) is 0.479. The van der Waals surface area contributed by atoms with E-state index in [1.807, 2.05) is 33.7 Å². The molecule has 2 aromatic rings. The number of aromatic nitrogens is 2. The van der Waals surface area contributed by atoms with Crippen LogP contribution in [0.5, 0.6) is 0 Å². The lowest BCUT2D eigenvalue weighted by Crippen LogP contribution is -2.41. The molecule has 21 heavy (non-hydrogen) atoms. The number of fused-ring (bicyclic) bond motifs is 1. The molecule has 5 heteroatoms. The first-order valence-electron chi connectivity index (χ1n) is 7.33. The molecule has 0 radical (unpaired) electrons. The lowest BCUT2D eigenvalue weighted by Gasteiger charge is -2.26. The molecule has 1 aliphatic heterocycles. The molecule has 2 aromatic heterocycles. The minimum atomic E-state index is -0.101. The Kier molecular flexibility index (Phi) is 3.45. The summed E-state index contributed by atoms with van der Waals surface area (Å²) in [5.41, 5.74) is 1.86. The molecule has 0 N–H and O–H groups in total. The maximum Gasteiger partial charge on any atom is 0.290 e. The van der Waals surface area contributed by atoms with Crippen molar-refractivity contribution in [2.45, 2.75) is 26.2 Å². The number of amides is 1. The van der Waals surface area contributed by atoms with Crippen LogP contribution in [0.4, 0.5) is 0 Å². The molecule has 0 aliphatic carbocycles. The second-order valence-electron chi connectivity index (χ2n) is 6.39. The Morgan fingerprint density at radius 2 is 1.95 bits per heavy atom. The van der Waals surface area contributed by atoms with Crippen molar-refractivity contribution in [1.29, 1.82) is 0 Å². The van der Waals surface area contributed by atoms with Gasteiger partial charge in [0.25, 0.3) is 5.91 Å². The number of carbonyl (C=O) groups is 1. The highest BCUT2D eigenvalue weighted by atomic mass is 16.5. The van der Waals surface area contributed by atoms with E-state index in [0.29, 0.717) is 32.1 Å². The third kappa shape index (κ3) is 2.53. The molecule has 1 saturated heterocycles. The molecule has 1 fully saturated rings. The Balaban J connectivity index is 2.08. The number of pyridine rings is 1. The van der Waals surface area contributed by atoms with Crippen molar-refractivity contribution in [3.63, 3.8) is 0 Å². The zero-order chi connectivity index (χ0) is 15.0. The molecular weight excluding hydrogens is 266 g/mol. The largest absolute Gasteiger partial charge is 0.378 e. The molecule has 3 rings (SSSR count). The van der Waals surface area contributed by atoms with Crippen LogP contribution in [0.1, 0.15) is 37.1 Å². The van der Waals surface area contributed by atoms with Gasteiger partial charge in [0.1, 0.15) is 0 Å². The van der Waals surface area contributed by atoms with E-state index in [-0.39, 0.29) is 11.3 Å². The van der Waals surface area contributed by atoms with Crippen LogP contribution in [0, 0.1) is 0 Å². The number of rotatable bonds is 1. The molecule has 0 atom stereocenters. The van der Waals surface area contributed by atoms with Crippen LogP contribution >= 0.6 is 0 Å². The molecule has 0 saturated carbocycles. The summed E-state index contributed by atoms with van der Waals surface area (Å²) in [5, 5.41) is 0. The number of hydrogen-bond acceptors (Lipinski definition) is 3. The molecule has 3 heterocycles.